The normalized spacial score (nSPS) is 17.0. The predicted octanol–water partition coefficient (Wildman–Crippen LogP) is 1.36. The number of hydrogen-bond donors (Lipinski definition) is 0. The third kappa shape index (κ3) is 2.12. The van der Waals surface area contributed by atoms with Crippen LogP contribution in [0.3, 0.4) is 0 Å². The van der Waals surface area contributed by atoms with Gasteiger partial charge in [-0.2, -0.15) is 0 Å². The molecule has 1 heterocycles. The number of nitrogens with zero attached hydrogens (tertiary/aromatic N) is 2. The van der Waals surface area contributed by atoms with Crippen molar-refractivity contribution in [2.45, 2.75) is 6.92 Å². The fourth-order valence-electron chi connectivity index (χ4n) is 1.90. The van der Waals surface area contributed by atoms with E-state index in [1.54, 1.807) is 0 Å². The monoisotopic (exact) mass is 204 g/mol. The highest BCUT2D eigenvalue weighted by Crippen LogP contribution is 2.15. The molecule has 1 amide bonds. The van der Waals surface area contributed by atoms with E-state index >= 15 is 0 Å². The van der Waals surface area contributed by atoms with Gasteiger partial charge in [0.1, 0.15) is 0 Å². The Morgan fingerprint density at radius 1 is 1.20 bits per heavy atom. The lowest BCUT2D eigenvalue weighted by molar-refractivity contribution is -0.130. The highest BCUT2D eigenvalue weighted by Gasteiger charge is 2.22. The second-order valence-electron chi connectivity index (χ2n) is 3.73. The van der Waals surface area contributed by atoms with Gasteiger partial charge in [-0.15, -0.1) is 0 Å². The van der Waals surface area contributed by atoms with E-state index in [9.17, 15) is 4.79 Å². The number of rotatable bonds is 2. The van der Waals surface area contributed by atoms with Gasteiger partial charge in [0.2, 0.25) is 5.91 Å². The summed E-state index contributed by atoms with van der Waals surface area (Å²) in [5, 5.41) is 0. The van der Waals surface area contributed by atoms with Crippen molar-refractivity contribution < 1.29 is 4.79 Å². The molecule has 1 aromatic rings. The van der Waals surface area contributed by atoms with Crippen molar-refractivity contribution in [2.24, 2.45) is 0 Å². The Bertz CT molecular complexity index is 337. The Labute approximate surface area is 90.3 Å². The number of carbonyl (C=O) groups is 1. The molecule has 1 aromatic carbocycles. The molecule has 0 radical (unpaired) electrons. The molecule has 1 aliphatic heterocycles. The third-order valence-corrected chi connectivity index (χ3v) is 2.82. The van der Waals surface area contributed by atoms with Crippen LogP contribution in [0.2, 0.25) is 0 Å². The van der Waals surface area contributed by atoms with Gasteiger partial charge in [-0.3, -0.25) is 4.79 Å². The van der Waals surface area contributed by atoms with Crippen LogP contribution in [0, 0.1) is 0 Å². The number of carbonyl (C=O) groups excluding carboxylic acids is 1. The maximum Gasteiger partial charge on any atom is 0.242 e. The Morgan fingerprint density at radius 3 is 2.53 bits per heavy atom. The van der Waals surface area contributed by atoms with Crippen LogP contribution in [0.25, 0.3) is 0 Å². The summed E-state index contributed by atoms with van der Waals surface area (Å²) in [5.74, 6) is 0.229. The van der Waals surface area contributed by atoms with Crippen LogP contribution in [-0.4, -0.2) is 37.0 Å². The molecule has 80 valence electrons. The number of anilines is 1. The molecule has 0 spiro atoms. The minimum absolute atomic E-state index is 0.229. The van der Waals surface area contributed by atoms with Crippen molar-refractivity contribution in [3.05, 3.63) is 30.3 Å². The van der Waals surface area contributed by atoms with Crippen LogP contribution in [0.15, 0.2) is 30.3 Å². The lowest BCUT2D eigenvalue weighted by atomic mass is 10.2. The number of amides is 1. The lowest BCUT2D eigenvalue weighted by Crippen LogP contribution is -2.50. The zero-order valence-electron chi connectivity index (χ0n) is 9.02. The summed E-state index contributed by atoms with van der Waals surface area (Å²) in [4.78, 5) is 15.7. The molecule has 0 aromatic heterocycles. The van der Waals surface area contributed by atoms with Gasteiger partial charge in [0.05, 0.1) is 6.54 Å². The predicted molar refractivity (Wildman–Crippen MR) is 60.9 cm³/mol. The molecule has 15 heavy (non-hydrogen) atoms. The SMILES string of the molecule is CCN1CCN(c2ccccc2)CC1=O. The van der Waals surface area contributed by atoms with Gasteiger partial charge in [0, 0.05) is 25.3 Å². The van der Waals surface area contributed by atoms with Crippen LogP contribution in [0.4, 0.5) is 5.69 Å². The summed E-state index contributed by atoms with van der Waals surface area (Å²) < 4.78 is 0. The second kappa shape index (κ2) is 4.34. The van der Waals surface area contributed by atoms with E-state index in [0.717, 1.165) is 25.3 Å². The van der Waals surface area contributed by atoms with Crippen LogP contribution < -0.4 is 4.90 Å². The highest BCUT2D eigenvalue weighted by molar-refractivity contribution is 5.82. The average Bonchev–Trinajstić information content (AvgIpc) is 2.30. The van der Waals surface area contributed by atoms with Gasteiger partial charge < -0.3 is 9.80 Å². The van der Waals surface area contributed by atoms with E-state index in [1.807, 2.05) is 30.0 Å². The summed E-state index contributed by atoms with van der Waals surface area (Å²) in [6.45, 7) is 5.13. The van der Waals surface area contributed by atoms with E-state index in [4.69, 9.17) is 0 Å². The number of benzene rings is 1. The first-order valence-corrected chi connectivity index (χ1v) is 5.39. The number of piperazine rings is 1. The first-order valence-electron chi connectivity index (χ1n) is 5.39. The molecule has 1 fully saturated rings. The molecule has 0 saturated carbocycles. The van der Waals surface area contributed by atoms with Gasteiger partial charge in [0.15, 0.2) is 0 Å². The van der Waals surface area contributed by atoms with Crippen LogP contribution in [-0.2, 0) is 4.79 Å². The maximum absolute atomic E-state index is 11.7. The van der Waals surface area contributed by atoms with Gasteiger partial charge in [-0.05, 0) is 19.1 Å². The Kier molecular flexibility index (Phi) is 2.90. The molecule has 3 nitrogen and oxygen atoms in total. The second-order valence-corrected chi connectivity index (χ2v) is 3.73. The molecule has 0 bridgehead atoms. The highest BCUT2D eigenvalue weighted by atomic mass is 16.2. The molecule has 1 saturated heterocycles. The summed E-state index contributed by atoms with van der Waals surface area (Å²) in [7, 11) is 0. The van der Waals surface area contributed by atoms with Gasteiger partial charge in [0.25, 0.3) is 0 Å². The van der Waals surface area contributed by atoms with Crippen molar-refractivity contribution in [1.82, 2.24) is 4.90 Å². The lowest BCUT2D eigenvalue weighted by Gasteiger charge is -2.35. The molecule has 1 aliphatic rings. The summed E-state index contributed by atoms with van der Waals surface area (Å²) in [6.07, 6.45) is 0. The van der Waals surface area contributed by atoms with Crippen molar-refractivity contribution in [3.8, 4) is 0 Å². The fourth-order valence-corrected chi connectivity index (χ4v) is 1.90. The quantitative estimate of drug-likeness (QED) is 0.726. The van der Waals surface area contributed by atoms with Crippen LogP contribution in [0.5, 0.6) is 0 Å². The van der Waals surface area contributed by atoms with Crippen molar-refractivity contribution in [2.75, 3.05) is 31.1 Å². The van der Waals surface area contributed by atoms with E-state index in [1.165, 1.54) is 0 Å². The van der Waals surface area contributed by atoms with Crippen LogP contribution >= 0.6 is 0 Å². The Balaban J connectivity index is 2.06. The summed E-state index contributed by atoms with van der Waals surface area (Å²) >= 11 is 0. The van der Waals surface area contributed by atoms with Crippen molar-refractivity contribution in [3.63, 3.8) is 0 Å². The van der Waals surface area contributed by atoms with Gasteiger partial charge in [-0.25, -0.2) is 0 Å². The standard InChI is InChI=1S/C12H16N2O/c1-2-13-8-9-14(10-12(13)15)11-6-4-3-5-7-11/h3-7H,2,8-10H2,1H3. The number of likely N-dealkylation sites (N-methyl/N-ethyl adjacent to an activating group) is 1. The largest absolute Gasteiger partial charge is 0.360 e. The van der Waals surface area contributed by atoms with Crippen molar-refractivity contribution in [1.29, 1.82) is 0 Å². The van der Waals surface area contributed by atoms with E-state index in [0.29, 0.717) is 6.54 Å². The maximum atomic E-state index is 11.7. The zero-order valence-corrected chi connectivity index (χ0v) is 9.02. The molecule has 2 rings (SSSR count). The Hall–Kier alpha value is -1.51. The molecule has 0 N–H and O–H groups in total. The average molecular weight is 204 g/mol. The fraction of sp³-hybridized carbons (Fsp3) is 0.417. The molecule has 0 atom stereocenters. The minimum Gasteiger partial charge on any atom is -0.360 e. The summed E-state index contributed by atoms with van der Waals surface area (Å²) in [6, 6.07) is 10.1. The smallest absolute Gasteiger partial charge is 0.242 e. The number of hydrogen-bond acceptors (Lipinski definition) is 2. The first kappa shape index (κ1) is 10.0. The topological polar surface area (TPSA) is 23.6 Å². The molecule has 0 aliphatic carbocycles. The van der Waals surface area contributed by atoms with Crippen molar-refractivity contribution >= 4 is 11.6 Å². The van der Waals surface area contributed by atoms with Gasteiger partial charge >= 0.3 is 0 Å². The number of para-hydroxylation sites is 1. The first-order chi connectivity index (χ1) is 7.31. The van der Waals surface area contributed by atoms with E-state index in [-0.39, 0.29) is 5.91 Å². The molecule has 3 heteroatoms. The zero-order chi connectivity index (χ0) is 10.7. The van der Waals surface area contributed by atoms with E-state index in [2.05, 4.69) is 17.0 Å². The minimum atomic E-state index is 0.229. The molecular weight excluding hydrogens is 188 g/mol. The van der Waals surface area contributed by atoms with Crippen LogP contribution in [0.1, 0.15) is 6.92 Å². The molecule has 0 unspecified atom stereocenters. The molecular formula is C12H16N2O. The Morgan fingerprint density at radius 2 is 1.93 bits per heavy atom. The van der Waals surface area contributed by atoms with E-state index < -0.39 is 0 Å². The third-order valence-electron chi connectivity index (χ3n) is 2.82. The van der Waals surface area contributed by atoms with Gasteiger partial charge in [-0.1, -0.05) is 18.2 Å². The summed E-state index contributed by atoms with van der Waals surface area (Å²) in [5.41, 5.74) is 1.14.